The largest absolute Gasteiger partial charge is 0.499 e. The van der Waals surface area contributed by atoms with E-state index < -0.39 is 36.5 Å². The second-order valence-corrected chi connectivity index (χ2v) is 10.4. The minimum Gasteiger partial charge on any atom is -0.486 e. The average molecular weight is 541 g/mol. The number of nitro groups is 1. The predicted molar refractivity (Wildman–Crippen MR) is 139 cm³/mol. The summed E-state index contributed by atoms with van der Waals surface area (Å²) < 4.78 is 39.4. The lowest BCUT2D eigenvalue weighted by molar-refractivity contribution is -0.490. The molecule has 0 spiro atoms. The molecule has 6 rings (SSSR count). The quantitative estimate of drug-likeness (QED) is 0.257. The smallest absolute Gasteiger partial charge is 0.486 e. The predicted octanol–water partition coefficient (Wildman–Crippen LogP) is 1.06. The number of hydrogen-bond donors (Lipinski definition) is 1. The number of hydrogen-bond acceptors (Lipinski definition) is 11. The van der Waals surface area contributed by atoms with Gasteiger partial charge in [0.25, 0.3) is 0 Å². The minimum atomic E-state index is -1.21. The highest BCUT2D eigenvalue weighted by Crippen LogP contribution is 2.39. The van der Waals surface area contributed by atoms with Gasteiger partial charge in [-0.2, -0.15) is 0 Å². The van der Waals surface area contributed by atoms with Crippen molar-refractivity contribution in [1.82, 2.24) is 0 Å². The van der Waals surface area contributed by atoms with Crippen molar-refractivity contribution < 1.29 is 47.7 Å². The fraction of sp³-hybridized carbons (Fsp3) is 0.480. The molecule has 2 aromatic rings. The van der Waals surface area contributed by atoms with Gasteiger partial charge in [-0.05, 0) is 51.5 Å². The van der Waals surface area contributed by atoms with Crippen molar-refractivity contribution in [2.75, 3.05) is 33.0 Å². The molecule has 1 saturated heterocycles. The summed E-state index contributed by atoms with van der Waals surface area (Å²) in [4.78, 5) is 21.5. The van der Waals surface area contributed by atoms with Gasteiger partial charge in [-0.1, -0.05) is 6.07 Å². The number of rotatable bonds is 4. The maximum absolute atomic E-state index is 11.4. The van der Waals surface area contributed by atoms with Crippen molar-refractivity contribution in [3.05, 3.63) is 45.5 Å². The molecule has 2 aromatic carbocycles. The van der Waals surface area contributed by atoms with Crippen LogP contribution in [0.4, 0.5) is 0 Å². The number of carbonyl (C=O) groups excluding carboxylic acids is 1. The van der Waals surface area contributed by atoms with Gasteiger partial charge in [0.2, 0.25) is 6.54 Å². The average Bonchev–Trinajstić information content (AvgIpc) is 3.33. The zero-order valence-electron chi connectivity index (χ0n) is 22.1. The number of aldehydes is 1. The van der Waals surface area contributed by atoms with Gasteiger partial charge in [-0.15, -0.1) is 0 Å². The Labute approximate surface area is 225 Å². The standard InChI is InChI=1S/C15H19BO5.C10H10BNO6/c1-14(2)15(3,4)21-16(20-14)12-10(9-17)5-6-11-13(12)19-8-7-18-11;13-11-9-6(8(18-11)5-12(14)15)1-2-7-10(9)17-4-3-16-7/h5-6,9H,7-8H2,1-4H3;1-2,8,13H,3-5H2. The number of ether oxygens (including phenoxy) is 4. The molecule has 0 bridgehead atoms. The molecule has 0 aromatic heterocycles. The molecule has 12 nitrogen and oxygen atoms in total. The number of fused-ring (bicyclic) bond motifs is 4. The Morgan fingerprint density at radius 1 is 0.923 bits per heavy atom. The van der Waals surface area contributed by atoms with Crippen molar-refractivity contribution in [1.29, 1.82) is 0 Å². The Morgan fingerprint density at radius 3 is 2.03 bits per heavy atom. The van der Waals surface area contributed by atoms with E-state index in [1.807, 2.05) is 27.7 Å². The molecule has 14 heteroatoms. The highest BCUT2D eigenvalue weighted by molar-refractivity contribution is 6.64. The third kappa shape index (κ3) is 5.05. The first-order valence-electron chi connectivity index (χ1n) is 12.6. The van der Waals surface area contributed by atoms with E-state index in [4.69, 9.17) is 32.9 Å². The van der Waals surface area contributed by atoms with E-state index in [0.29, 0.717) is 71.5 Å². The summed E-state index contributed by atoms with van der Waals surface area (Å²) in [5.41, 5.74) is 1.19. The Balaban J connectivity index is 0.000000160. The van der Waals surface area contributed by atoms with Crippen molar-refractivity contribution in [2.24, 2.45) is 0 Å². The van der Waals surface area contributed by atoms with E-state index in [-0.39, 0.29) is 6.54 Å². The molecule has 206 valence electrons. The SMILES string of the molecule is CC1(C)OB(c2c(C=O)ccc3c2OCCO3)OC1(C)C.O=[N+]([O-])CC1OB(O)c2c1ccc1c2OCCO1. The molecule has 1 fully saturated rings. The van der Waals surface area contributed by atoms with Crippen LogP contribution in [0.15, 0.2) is 24.3 Å². The van der Waals surface area contributed by atoms with E-state index in [1.165, 1.54) is 0 Å². The molecule has 4 aliphatic rings. The van der Waals surface area contributed by atoms with E-state index in [9.17, 15) is 19.9 Å². The van der Waals surface area contributed by atoms with Crippen LogP contribution in [-0.2, 0) is 14.0 Å². The maximum atomic E-state index is 11.4. The number of carbonyl (C=O) groups is 1. The van der Waals surface area contributed by atoms with Crippen molar-refractivity contribution in [3.63, 3.8) is 0 Å². The molecule has 4 heterocycles. The fourth-order valence-electron chi connectivity index (χ4n) is 4.72. The maximum Gasteiger partial charge on any atom is 0.499 e. The van der Waals surface area contributed by atoms with Crippen molar-refractivity contribution >= 4 is 31.4 Å². The Morgan fingerprint density at radius 2 is 1.46 bits per heavy atom. The molecule has 1 N–H and O–H groups in total. The summed E-state index contributed by atoms with van der Waals surface area (Å²) in [6.45, 7) is 9.28. The van der Waals surface area contributed by atoms with E-state index >= 15 is 0 Å². The highest BCUT2D eigenvalue weighted by atomic mass is 16.7. The van der Waals surface area contributed by atoms with Crippen LogP contribution < -0.4 is 29.9 Å². The van der Waals surface area contributed by atoms with Gasteiger partial charge in [0.05, 0.1) is 11.2 Å². The van der Waals surface area contributed by atoms with Crippen LogP contribution in [0, 0.1) is 10.1 Å². The molecule has 4 aliphatic heterocycles. The molecule has 1 unspecified atom stereocenters. The molecule has 0 saturated carbocycles. The monoisotopic (exact) mass is 541 g/mol. The second-order valence-electron chi connectivity index (χ2n) is 10.4. The van der Waals surface area contributed by atoms with E-state index in [1.54, 1.807) is 24.3 Å². The topological polar surface area (TPSA) is 145 Å². The van der Waals surface area contributed by atoms with Gasteiger partial charge in [0.15, 0.2) is 23.0 Å². The van der Waals surface area contributed by atoms with Crippen LogP contribution in [0.1, 0.15) is 49.7 Å². The molecule has 0 radical (unpaired) electrons. The van der Waals surface area contributed by atoms with Gasteiger partial charge < -0.3 is 37.9 Å². The van der Waals surface area contributed by atoms with E-state index in [0.717, 1.165) is 6.29 Å². The molecule has 39 heavy (non-hydrogen) atoms. The number of benzene rings is 2. The van der Waals surface area contributed by atoms with Gasteiger partial charge in [-0.25, -0.2) is 0 Å². The zero-order chi connectivity index (χ0) is 27.9. The summed E-state index contributed by atoms with van der Waals surface area (Å²) >= 11 is 0. The first kappa shape index (κ1) is 27.3. The summed E-state index contributed by atoms with van der Waals surface area (Å²) in [7, 11) is -1.85. The van der Waals surface area contributed by atoms with Gasteiger partial charge in [0.1, 0.15) is 38.8 Å². The third-order valence-electron chi connectivity index (χ3n) is 7.38. The zero-order valence-corrected chi connectivity index (χ0v) is 22.1. The molecular formula is C25H29B2NO11. The Kier molecular flexibility index (Phi) is 7.23. The third-order valence-corrected chi connectivity index (χ3v) is 7.38. The number of nitrogens with zero attached hydrogens (tertiary/aromatic N) is 1. The second kappa shape index (κ2) is 10.3. The first-order valence-corrected chi connectivity index (χ1v) is 12.6. The summed E-state index contributed by atoms with van der Waals surface area (Å²) in [6.07, 6.45) is 0.0411. The van der Waals surface area contributed by atoms with Gasteiger partial charge in [-0.3, -0.25) is 14.9 Å². The van der Waals surface area contributed by atoms with Gasteiger partial charge >= 0.3 is 14.2 Å². The molecule has 1 atom stereocenters. The normalized spacial score (nSPS) is 21.5. The van der Waals surface area contributed by atoms with Crippen LogP contribution in [0.5, 0.6) is 23.0 Å². The molecule has 0 amide bonds. The van der Waals surface area contributed by atoms with Gasteiger partial charge in [0, 0.05) is 21.4 Å². The lowest BCUT2D eigenvalue weighted by Crippen LogP contribution is -2.41. The highest BCUT2D eigenvalue weighted by Gasteiger charge is 2.53. The lowest BCUT2D eigenvalue weighted by atomic mass is 9.75. The van der Waals surface area contributed by atoms with Crippen molar-refractivity contribution in [2.45, 2.75) is 45.0 Å². The fourth-order valence-corrected chi connectivity index (χ4v) is 4.72. The first-order chi connectivity index (χ1) is 18.5. The summed E-state index contributed by atoms with van der Waals surface area (Å²) in [5.74, 6) is 2.13. The van der Waals surface area contributed by atoms with Crippen LogP contribution in [0.3, 0.4) is 0 Å². The summed E-state index contributed by atoms with van der Waals surface area (Å²) in [6, 6.07) is 6.81. The summed E-state index contributed by atoms with van der Waals surface area (Å²) in [5, 5.41) is 20.4. The minimum absolute atomic E-state index is 0.385. The molecule has 0 aliphatic carbocycles. The molecular weight excluding hydrogens is 512 g/mol. The lowest BCUT2D eigenvalue weighted by Gasteiger charge is -2.32. The van der Waals surface area contributed by atoms with E-state index in [2.05, 4.69) is 0 Å². The Bertz CT molecular complexity index is 1270. The van der Waals surface area contributed by atoms with Crippen LogP contribution in [-0.4, -0.2) is 74.6 Å². The van der Waals surface area contributed by atoms with Crippen molar-refractivity contribution in [3.8, 4) is 23.0 Å². The van der Waals surface area contributed by atoms with Crippen LogP contribution >= 0.6 is 0 Å². The van der Waals surface area contributed by atoms with Crippen LogP contribution in [0.25, 0.3) is 0 Å². The Hall–Kier alpha value is -3.32. The van der Waals surface area contributed by atoms with Crippen LogP contribution in [0.2, 0.25) is 0 Å².